The van der Waals surface area contributed by atoms with Crippen molar-refractivity contribution < 1.29 is 22.7 Å². The Hall–Kier alpha value is -1.99. The number of alkyl halides is 3. The minimum absolute atomic E-state index is 0.00457. The Morgan fingerprint density at radius 1 is 1.08 bits per heavy atom. The Balaban J connectivity index is 1.66. The highest BCUT2D eigenvalue weighted by Gasteiger charge is 2.35. The van der Waals surface area contributed by atoms with Gasteiger partial charge in [-0.05, 0) is 41.8 Å². The number of halogens is 4. The second-order valence-corrected chi connectivity index (χ2v) is 6.39. The number of aliphatic hydroxyl groups is 1. The van der Waals surface area contributed by atoms with Gasteiger partial charge >= 0.3 is 6.18 Å². The van der Waals surface area contributed by atoms with Gasteiger partial charge in [-0.1, -0.05) is 6.07 Å². The first-order chi connectivity index (χ1) is 11.8. The first kappa shape index (κ1) is 17.8. The molecular weight excluding hydrogens is 336 g/mol. The van der Waals surface area contributed by atoms with Crippen LogP contribution in [0.4, 0.5) is 17.6 Å². The highest BCUT2D eigenvalue weighted by atomic mass is 19.4. The number of nitrogens with zero attached hydrogens (tertiary/aromatic N) is 2. The molecule has 2 heterocycles. The fourth-order valence-corrected chi connectivity index (χ4v) is 3.24. The van der Waals surface area contributed by atoms with Crippen LogP contribution in [0.3, 0.4) is 0 Å². The van der Waals surface area contributed by atoms with Gasteiger partial charge in [-0.25, -0.2) is 4.39 Å². The van der Waals surface area contributed by atoms with E-state index < -0.39 is 23.7 Å². The van der Waals surface area contributed by atoms with Gasteiger partial charge in [-0.2, -0.15) is 13.2 Å². The van der Waals surface area contributed by atoms with E-state index in [2.05, 4.69) is 4.98 Å². The summed E-state index contributed by atoms with van der Waals surface area (Å²) >= 11 is 0. The number of rotatable bonds is 4. The van der Waals surface area contributed by atoms with Crippen molar-refractivity contribution in [2.24, 2.45) is 5.92 Å². The standard InChI is InChI=1S/C18H18F4N2O/c19-16-2-1-13(8-15(16)18(20,21)22)9-24-10-14(17(25)11-24)7-12-3-5-23-6-4-12/h1-6,8,14,17,25H,7,9-11H2/t14-,17+/m1/s1. The van der Waals surface area contributed by atoms with Gasteiger partial charge in [-0.3, -0.25) is 9.88 Å². The average Bonchev–Trinajstić information content (AvgIpc) is 2.88. The van der Waals surface area contributed by atoms with Gasteiger partial charge in [-0.15, -0.1) is 0 Å². The minimum Gasteiger partial charge on any atom is -0.391 e. The zero-order valence-electron chi connectivity index (χ0n) is 13.4. The highest BCUT2D eigenvalue weighted by molar-refractivity contribution is 5.27. The summed E-state index contributed by atoms with van der Waals surface area (Å²) in [7, 11) is 0. The molecule has 7 heteroatoms. The molecule has 3 nitrogen and oxygen atoms in total. The predicted molar refractivity (Wildman–Crippen MR) is 84.1 cm³/mol. The van der Waals surface area contributed by atoms with Gasteiger partial charge in [0.2, 0.25) is 0 Å². The summed E-state index contributed by atoms with van der Waals surface area (Å²) in [5.74, 6) is -1.27. The van der Waals surface area contributed by atoms with Gasteiger partial charge in [0.25, 0.3) is 0 Å². The topological polar surface area (TPSA) is 36.4 Å². The molecule has 0 saturated carbocycles. The van der Waals surface area contributed by atoms with Crippen molar-refractivity contribution >= 4 is 0 Å². The van der Waals surface area contributed by atoms with Crippen LogP contribution in [-0.4, -0.2) is 34.2 Å². The lowest BCUT2D eigenvalue weighted by atomic mass is 9.97. The van der Waals surface area contributed by atoms with E-state index in [1.54, 1.807) is 12.4 Å². The molecule has 0 unspecified atom stereocenters. The molecule has 1 aliphatic rings. The number of hydrogen-bond acceptors (Lipinski definition) is 3. The molecule has 0 spiro atoms. The smallest absolute Gasteiger partial charge is 0.391 e. The molecule has 0 bridgehead atoms. The molecule has 0 amide bonds. The SMILES string of the molecule is O[C@H]1CN(Cc2ccc(F)c(C(F)(F)F)c2)C[C@H]1Cc1ccncc1. The largest absolute Gasteiger partial charge is 0.419 e. The van der Waals surface area contributed by atoms with Crippen molar-refractivity contribution in [1.29, 1.82) is 0 Å². The normalized spacial score (nSPS) is 21.6. The molecule has 1 aromatic carbocycles. The zero-order valence-corrected chi connectivity index (χ0v) is 13.4. The summed E-state index contributed by atoms with van der Waals surface area (Å²) in [5, 5.41) is 10.2. The van der Waals surface area contributed by atoms with Gasteiger partial charge in [0.05, 0.1) is 11.7 Å². The molecule has 134 valence electrons. The molecule has 1 aliphatic heterocycles. The summed E-state index contributed by atoms with van der Waals surface area (Å²) in [6.45, 7) is 1.20. The van der Waals surface area contributed by atoms with E-state index in [9.17, 15) is 22.7 Å². The maximum atomic E-state index is 13.4. The van der Waals surface area contributed by atoms with Crippen LogP contribution in [-0.2, 0) is 19.1 Å². The summed E-state index contributed by atoms with van der Waals surface area (Å²) in [4.78, 5) is 5.84. The molecule has 2 atom stereocenters. The Morgan fingerprint density at radius 2 is 1.80 bits per heavy atom. The number of hydrogen-bond donors (Lipinski definition) is 1. The van der Waals surface area contributed by atoms with E-state index in [1.165, 1.54) is 6.07 Å². The fourth-order valence-electron chi connectivity index (χ4n) is 3.24. The molecule has 25 heavy (non-hydrogen) atoms. The van der Waals surface area contributed by atoms with Crippen LogP contribution in [0.25, 0.3) is 0 Å². The third-order valence-electron chi connectivity index (χ3n) is 4.47. The van der Waals surface area contributed by atoms with E-state index in [0.717, 1.165) is 17.7 Å². The van der Waals surface area contributed by atoms with Crippen LogP contribution in [0.5, 0.6) is 0 Å². The van der Waals surface area contributed by atoms with Crippen LogP contribution in [0.1, 0.15) is 16.7 Å². The van der Waals surface area contributed by atoms with Crippen molar-refractivity contribution in [2.75, 3.05) is 13.1 Å². The molecule has 1 N–H and O–H groups in total. The number of aromatic nitrogens is 1. The van der Waals surface area contributed by atoms with E-state index >= 15 is 0 Å². The molecule has 3 rings (SSSR count). The number of aliphatic hydroxyl groups excluding tert-OH is 1. The third kappa shape index (κ3) is 4.35. The van der Waals surface area contributed by atoms with Crippen molar-refractivity contribution in [2.45, 2.75) is 25.2 Å². The number of pyridine rings is 1. The van der Waals surface area contributed by atoms with Crippen LogP contribution in [0.15, 0.2) is 42.7 Å². The van der Waals surface area contributed by atoms with E-state index in [4.69, 9.17) is 0 Å². The fraction of sp³-hybridized carbons (Fsp3) is 0.389. The third-order valence-corrected chi connectivity index (χ3v) is 4.47. The van der Waals surface area contributed by atoms with Crippen LogP contribution in [0.2, 0.25) is 0 Å². The van der Waals surface area contributed by atoms with Crippen molar-refractivity contribution in [3.63, 3.8) is 0 Å². The summed E-state index contributed by atoms with van der Waals surface area (Å²) in [5.41, 5.74) is 0.186. The Kier molecular flexibility index (Phi) is 5.06. The van der Waals surface area contributed by atoms with Crippen molar-refractivity contribution in [1.82, 2.24) is 9.88 Å². The van der Waals surface area contributed by atoms with Crippen LogP contribution < -0.4 is 0 Å². The number of β-amino-alcohol motifs (C(OH)–C–C–N with tert-alkyl or cyclic N) is 1. The molecule has 1 fully saturated rings. The lowest BCUT2D eigenvalue weighted by Crippen LogP contribution is -2.22. The van der Waals surface area contributed by atoms with Gasteiger partial charge in [0.1, 0.15) is 5.82 Å². The van der Waals surface area contributed by atoms with Crippen LogP contribution in [0, 0.1) is 11.7 Å². The highest BCUT2D eigenvalue weighted by Crippen LogP contribution is 2.32. The molecule has 2 aromatic rings. The lowest BCUT2D eigenvalue weighted by Gasteiger charge is -2.17. The van der Waals surface area contributed by atoms with Gasteiger partial charge < -0.3 is 5.11 Å². The van der Waals surface area contributed by atoms with E-state index in [0.29, 0.717) is 25.1 Å². The van der Waals surface area contributed by atoms with E-state index in [-0.39, 0.29) is 12.5 Å². The molecule has 0 aliphatic carbocycles. The average molecular weight is 354 g/mol. The zero-order chi connectivity index (χ0) is 18.0. The summed E-state index contributed by atoms with van der Waals surface area (Å²) < 4.78 is 51.8. The molecular formula is C18H18F4N2O. The molecule has 1 saturated heterocycles. The second-order valence-electron chi connectivity index (χ2n) is 6.39. The van der Waals surface area contributed by atoms with E-state index in [1.807, 2.05) is 17.0 Å². The predicted octanol–water partition coefficient (Wildman–Crippen LogP) is 3.27. The Labute approximate surface area is 142 Å². The van der Waals surface area contributed by atoms with Gasteiger partial charge in [0, 0.05) is 37.9 Å². The molecule has 0 radical (unpaired) electrons. The summed E-state index contributed by atoms with van der Waals surface area (Å²) in [6.07, 6.45) is -1.21. The number of likely N-dealkylation sites (tertiary alicyclic amines) is 1. The maximum Gasteiger partial charge on any atom is 0.419 e. The lowest BCUT2D eigenvalue weighted by molar-refractivity contribution is -0.140. The second kappa shape index (κ2) is 7.09. The monoisotopic (exact) mass is 354 g/mol. The van der Waals surface area contributed by atoms with Crippen molar-refractivity contribution in [3.8, 4) is 0 Å². The quantitative estimate of drug-likeness (QED) is 0.856. The Morgan fingerprint density at radius 3 is 2.48 bits per heavy atom. The van der Waals surface area contributed by atoms with Crippen LogP contribution >= 0.6 is 0 Å². The first-order valence-corrected chi connectivity index (χ1v) is 7.98. The van der Waals surface area contributed by atoms with Gasteiger partial charge in [0.15, 0.2) is 0 Å². The number of benzene rings is 1. The summed E-state index contributed by atoms with van der Waals surface area (Å²) in [6, 6.07) is 6.81. The molecule has 1 aromatic heterocycles. The maximum absolute atomic E-state index is 13.4. The van der Waals surface area contributed by atoms with Crippen molar-refractivity contribution in [3.05, 3.63) is 65.2 Å². The Bertz CT molecular complexity index is 721. The first-order valence-electron chi connectivity index (χ1n) is 7.98. The minimum atomic E-state index is -4.71.